The molecule has 2 amide bonds. The minimum Gasteiger partial charge on any atom is -0.352 e. The fourth-order valence-corrected chi connectivity index (χ4v) is 4.43. The van der Waals surface area contributed by atoms with Crippen LogP contribution >= 0.6 is 15.9 Å². The summed E-state index contributed by atoms with van der Waals surface area (Å²) in [7, 11) is 0. The van der Waals surface area contributed by atoms with Crippen LogP contribution in [0, 0.1) is 13.8 Å². The third-order valence-electron chi connectivity index (χ3n) is 5.61. The van der Waals surface area contributed by atoms with Crippen LogP contribution in [0.1, 0.15) is 41.7 Å². The van der Waals surface area contributed by atoms with Crippen molar-refractivity contribution in [3.05, 3.63) is 105 Å². The predicted molar refractivity (Wildman–Crippen MR) is 142 cm³/mol. The van der Waals surface area contributed by atoms with E-state index in [1.54, 1.807) is 4.90 Å². The first-order valence-electron chi connectivity index (χ1n) is 11.7. The lowest BCUT2D eigenvalue weighted by Crippen LogP contribution is -2.52. The van der Waals surface area contributed by atoms with E-state index in [1.807, 2.05) is 94.4 Å². The van der Waals surface area contributed by atoms with Gasteiger partial charge >= 0.3 is 0 Å². The Labute approximate surface area is 211 Å². The van der Waals surface area contributed by atoms with E-state index in [1.165, 1.54) is 0 Å². The Hall–Kier alpha value is -2.92. The van der Waals surface area contributed by atoms with Crippen molar-refractivity contribution >= 4 is 27.7 Å². The van der Waals surface area contributed by atoms with Crippen LogP contribution in [0.2, 0.25) is 0 Å². The Morgan fingerprint density at radius 3 is 2.06 bits per heavy atom. The lowest BCUT2D eigenvalue weighted by Gasteiger charge is -2.32. The molecule has 3 aromatic carbocycles. The lowest BCUT2D eigenvalue weighted by atomic mass is 10.00. The second-order valence-electron chi connectivity index (χ2n) is 9.19. The molecule has 0 aromatic heterocycles. The highest BCUT2D eigenvalue weighted by Gasteiger charge is 2.30. The van der Waals surface area contributed by atoms with E-state index < -0.39 is 6.04 Å². The van der Waals surface area contributed by atoms with Crippen LogP contribution in [-0.2, 0) is 29.0 Å². The Kier molecular flexibility index (Phi) is 9.05. The maximum Gasteiger partial charge on any atom is 0.243 e. The van der Waals surface area contributed by atoms with Crippen LogP contribution in [0.25, 0.3) is 0 Å². The summed E-state index contributed by atoms with van der Waals surface area (Å²) in [6, 6.07) is 23.3. The number of nitrogens with one attached hydrogen (secondary N) is 1. The van der Waals surface area contributed by atoms with E-state index in [4.69, 9.17) is 0 Å². The number of hydrogen-bond acceptors (Lipinski definition) is 2. The van der Waals surface area contributed by atoms with Crippen molar-refractivity contribution in [3.63, 3.8) is 0 Å². The van der Waals surface area contributed by atoms with Gasteiger partial charge < -0.3 is 10.2 Å². The van der Waals surface area contributed by atoms with Crippen molar-refractivity contribution in [2.24, 2.45) is 0 Å². The molecule has 0 fully saturated rings. The standard InChI is InChI=1S/C29H33BrN2O2/c1-20(2)31-29(34)27(17-23-8-6-5-7-9-23)32(19-24-10-12-26(30)13-11-24)28(33)18-25-15-21(3)14-22(4)16-25/h5-16,20,27H,17-19H2,1-4H3,(H,31,34)/t27-/m0/s1. The Balaban J connectivity index is 1.98. The highest BCUT2D eigenvalue weighted by Crippen LogP contribution is 2.19. The predicted octanol–water partition coefficient (Wildman–Crippen LogP) is 5.77. The average Bonchev–Trinajstić information content (AvgIpc) is 2.77. The quantitative estimate of drug-likeness (QED) is 0.389. The van der Waals surface area contributed by atoms with Crippen molar-refractivity contribution in [2.45, 2.75) is 59.2 Å². The van der Waals surface area contributed by atoms with Crippen LogP contribution in [0.4, 0.5) is 0 Å². The molecule has 34 heavy (non-hydrogen) atoms. The molecule has 3 aromatic rings. The summed E-state index contributed by atoms with van der Waals surface area (Å²) < 4.78 is 0.975. The van der Waals surface area contributed by atoms with Gasteiger partial charge in [0.25, 0.3) is 0 Å². The molecule has 0 heterocycles. The van der Waals surface area contributed by atoms with Crippen LogP contribution in [0.15, 0.2) is 77.3 Å². The molecule has 0 bridgehead atoms. The Morgan fingerprint density at radius 1 is 0.853 bits per heavy atom. The zero-order valence-corrected chi connectivity index (χ0v) is 21.9. The number of benzene rings is 3. The highest BCUT2D eigenvalue weighted by atomic mass is 79.9. The van der Waals surface area contributed by atoms with Gasteiger partial charge in [0.2, 0.25) is 11.8 Å². The summed E-state index contributed by atoms with van der Waals surface area (Å²) in [4.78, 5) is 28.9. The molecule has 5 heteroatoms. The van der Waals surface area contributed by atoms with E-state index in [0.717, 1.165) is 32.3 Å². The molecule has 4 nitrogen and oxygen atoms in total. The van der Waals surface area contributed by atoms with Crippen molar-refractivity contribution in [2.75, 3.05) is 0 Å². The summed E-state index contributed by atoms with van der Waals surface area (Å²) in [5.74, 6) is -0.197. The van der Waals surface area contributed by atoms with Gasteiger partial charge in [0, 0.05) is 23.5 Å². The van der Waals surface area contributed by atoms with E-state index in [-0.39, 0.29) is 24.3 Å². The zero-order valence-electron chi connectivity index (χ0n) is 20.3. The first kappa shape index (κ1) is 25.7. The van der Waals surface area contributed by atoms with Crippen molar-refractivity contribution in [3.8, 4) is 0 Å². The third-order valence-corrected chi connectivity index (χ3v) is 6.13. The normalized spacial score (nSPS) is 11.8. The van der Waals surface area contributed by atoms with Crippen LogP contribution in [0.3, 0.4) is 0 Å². The van der Waals surface area contributed by atoms with Gasteiger partial charge in [-0.2, -0.15) is 0 Å². The number of rotatable bonds is 9. The van der Waals surface area contributed by atoms with E-state index in [2.05, 4.69) is 27.3 Å². The first-order valence-corrected chi connectivity index (χ1v) is 12.5. The van der Waals surface area contributed by atoms with E-state index >= 15 is 0 Å². The highest BCUT2D eigenvalue weighted by molar-refractivity contribution is 9.10. The van der Waals surface area contributed by atoms with Gasteiger partial charge in [-0.05, 0) is 56.5 Å². The van der Waals surface area contributed by atoms with Crippen molar-refractivity contribution < 1.29 is 9.59 Å². The summed E-state index contributed by atoms with van der Waals surface area (Å²) >= 11 is 3.48. The zero-order chi connectivity index (χ0) is 24.7. The molecule has 0 aliphatic rings. The second kappa shape index (κ2) is 12.0. The van der Waals surface area contributed by atoms with Gasteiger partial charge in [0.15, 0.2) is 0 Å². The molecular weight excluding hydrogens is 488 g/mol. The summed E-state index contributed by atoms with van der Waals surface area (Å²) in [5, 5.41) is 3.04. The topological polar surface area (TPSA) is 49.4 Å². The minimum atomic E-state index is -0.619. The summed E-state index contributed by atoms with van der Waals surface area (Å²) in [6.07, 6.45) is 0.702. The van der Waals surface area contributed by atoms with Crippen LogP contribution in [-0.4, -0.2) is 28.8 Å². The Bertz CT molecular complexity index is 1090. The molecule has 0 aliphatic heterocycles. The van der Waals surface area contributed by atoms with Crippen LogP contribution < -0.4 is 5.32 Å². The fourth-order valence-electron chi connectivity index (χ4n) is 4.17. The molecule has 0 saturated heterocycles. The third kappa shape index (κ3) is 7.56. The van der Waals surface area contributed by atoms with Gasteiger partial charge in [-0.15, -0.1) is 0 Å². The number of carbonyl (C=O) groups is 2. The fraction of sp³-hybridized carbons (Fsp3) is 0.310. The van der Waals surface area contributed by atoms with Crippen molar-refractivity contribution in [1.82, 2.24) is 10.2 Å². The lowest BCUT2D eigenvalue weighted by molar-refractivity contribution is -0.141. The molecule has 0 spiro atoms. The number of aryl methyl sites for hydroxylation is 2. The Morgan fingerprint density at radius 2 is 1.47 bits per heavy atom. The molecule has 1 N–H and O–H groups in total. The molecule has 3 rings (SSSR count). The van der Waals surface area contributed by atoms with Gasteiger partial charge in [-0.1, -0.05) is 87.7 Å². The SMILES string of the molecule is Cc1cc(C)cc(CC(=O)N(Cc2ccc(Br)cc2)[C@@H](Cc2ccccc2)C(=O)NC(C)C)c1. The number of carbonyl (C=O) groups excluding carboxylic acids is 2. The van der Waals surface area contributed by atoms with Gasteiger partial charge in [-0.25, -0.2) is 0 Å². The van der Waals surface area contributed by atoms with Gasteiger partial charge in [0.05, 0.1) is 6.42 Å². The summed E-state index contributed by atoms with van der Waals surface area (Å²) in [5.41, 5.74) is 5.21. The molecule has 0 saturated carbocycles. The molecular formula is C29H33BrN2O2. The molecule has 0 unspecified atom stereocenters. The minimum absolute atomic E-state index is 0.0187. The van der Waals surface area contributed by atoms with Crippen molar-refractivity contribution in [1.29, 1.82) is 0 Å². The molecule has 178 valence electrons. The van der Waals surface area contributed by atoms with Crippen LogP contribution in [0.5, 0.6) is 0 Å². The monoisotopic (exact) mass is 520 g/mol. The van der Waals surface area contributed by atoms with Gasteiger partial charge in [0.1, 0.15) is 6.04 Å². The molecule has 1 atom stereocenters. The van der Waals surface area contributed by atoms with E-state index in [9.17, 15) is 9.59 Å². The number of halogens is 1. The first-order chi connectivity index (χ1) is 16.2. The smallest absolute Gasteiger partial charge is 0.243 e. The maximum atomic E-state index is 13.8. The van der Waals surface area contributed by atoms with E-state index in [0.29, 0.717) is 13.0 Å². The van der Waals surface area contributed by atoms with Gasteiger partial charge in [-0.3, -0.25) is 9.59 Å². The largest absolute Gasteiger partial charge is 0.352 e. The summed E-state index contributed by atoms with van der Waals surface area (Å²) in [6.45, 7) is 8.31. The number of hydrogen-bond donors (Lipinski definition) is 1. The molecule has 0 radical (unpaired) electrons. The number of nitrogens with zero attached hydrogens (tertiary/aromatic N) is 1. The average molecular weight is 521 g/mol. The molecule has 0 aliphatic carbocycles. The maximum absolute atomic E-state index is 13.8. The number of amides is 2. The second-order valence-corrected chi connectivity index (χ2v) is 10.1.